The summed E-state index contributed by atoms with van der Waals surface area (Å²) in [6, 6.07) is 4.86. The summed E-state index contributed by atoms with van der Waals surface area (Å²) in [7, 11) is 0. The van der Waals surface area contributed by atoms with Crippen LogP contribution >= 0.6 is 11.6 Å². The molecule has 2 rings (SSSR count). The summed E-state index contributed by atoms with van der Waals surface area (Å²) in [5.74, 6) is 1.81. The van der Waals surface area contributed by atoms with Gasteiger partial charge in [0, 0.05) is 17.0 Å². The fraction of sp³-hybridized carbons (Fsp3) is 0.667. The number of nitrogens with one attached hydrogen (secondary N) is 1. The Balaban J connectivity index is 2.17. The Kier molecular flexibility index (Phi) is 5.32. The second kappa shape index (κ2) is 6.66. The first-order chi connectivity index (χ1) is 9.84. The summed E-state index contributed by atoms with van der Waals surface area (Å²) in [6.45, 7) is 10.9. The van der Waals surface area contributed by atoms with Gasteiger partial charge in [-0.15, -0.1) is 0 Å². The van der Waals surface area contributed by atoms with Crippen LogP contribution in [0.4, 0.5) is 4.39 Å². The van der Waals surface area contributed by atoms with E-state index in [0.29, 0.717) is 16.9 Å². The molecule has 0 aromatic heterocycles. The molecule has 1 aliphatic rings. The lowest BCUT2D eigenvalue weighted by Gasteiger charge is -2.51. The maximum absolute atomic E-state index is 13.3. The van der Waals surface area contributed by atoms with Crippen LogP contribution in [0.15, 0.2) is 18.2 Å². The van der Waals surface area contributed by atoms with Crippen LogP contribution in [0.1, 0.15) is 46.1 Å². The monoisotopic (exact) mass is 311 g/mol. The molecule has 1 N–H and O–H groups in total. The lowest BCUT2D eigenvalue weighted by atomic mass is 9.55. The zero-order valence-electron chi connectivity index (χ0n) is 13.5. The summed E-state index contributed by atoms with van der Waals surface area (Å²) in [5, 5.41) is 4.15. The topological polar surface area (TPSA) is 12.0 Å². The first-order valence-electron chi connectivity index (χ1n) is 8.00. The zero-order chi connectivity index (χ0) is 15.6. The third-order valence-electron chi connectivity index (χ3n) is 4.77. The van der Waals surface area contributed by atoms with Gasteiger partial charge in [0.05, 0.1) is 0 Å². The van der Waals surface area contributed by atoms with Gasteiger partial charge in [-0.05, 0) is 54.8 Å². The van der Waals surface area contributed by atoms with Crippen molar-refractivity contribution in [2.24, 2.45) is 17.8 Å². The molecule has 1 aliphatic carbocycles. The van der Waals surface area contributed by atoms with Crippen LogP contribution in [0.5, 0.6) is 0 Å². The molecule has 118 valence electrons. The summed E-state index contributed by atoms with van der Waals surface area (Å²) < 4.78 is 13.3. The second-order valence-electron chi connectivity index (χ2n) is 7.34. The molecule has 3 heteroatoms. The van der Waals surface area contributed by atoms with E-state index in [4.69, 9.17) is 11.6 Å². The molecule has 0 atom stereocenters. The van der Waals surface area contributed by atoms with Gasteiger partial charge in [0.15, 0.2) is 0 Å². The first-order valence-corrected chi connectivity index (χ1v) is 8.38. The number of benzene rings is 1. The van der Waals surface area contributed by atoms with Crippen molar-refractivity contribution in [2.75, 3.05) is 13.1 Å². The molecule has 0 amide bonds. The van der Waals surface area contributed by atoms with Crippen molar-refractivity contribution in [2.45, 2.75) is 46.0 Å². The molecule has 0 aliphatic heterocycles. The number of hydrogen-bond acceptors (Lipinski definition) is 1. The molecule has 1 aromatic carbocycles. The average molecular weight is 312 g/mol. The molecule has 0 saturated heterocycles. The van der Waals surface area contributed by atoms with E-state index in [0.717, 1.165) is 37.4 Å². The van der Waals surface area contributed by atoms with Crippen molar-refractivity contribution in [3.63, 3.8) is 0 Å². The Hall–Kier alpha value is -0.600. The highest BCUT2D eigenvalue weighted by atomic mass is 35.5. The minimum Gasteiger partial charge on any atom is -0.316 e. The minimum atomic E-state index is -0.256. The molecule has 0 radical (unpaired) electrons. The van der Waals surface area contributed by atoms with Crippen molar-refractivity contribution < 1.29 is 4.39 Å². The van der Waals surface area contributed by atoms with Crippen molar-refractivity contribution in [1.29, 1.82) is 0 Å². The standard InChI is InChI=1S/C18H27ClFN/c1-12(2)10-21-11-18(8-14(9-18)13(3)4)16-6-5-15(20)7-17(16)19/h5-7,12-14,21H,8-11H2,1-4H3. The molecule has 0 heterocycles. The molecule has 0 unspecified atom stereocenters. The number of halogens is 2. The Labute approximate surface area is 133 Å². The predicted octanol–water partition coefficient (Wildman–Crippen LogP) is 5.03. The summed E-state index contributed by atoms with van der Waals surface area (Å²) in [4.78, 5) is 0. The summed E-state index contributed by atoms with van der Waals surface area (Å²) >= 11 is 6.33. The summed E-state index contributed by atoms with van der Waals surface area (Å²) in [6.07, 6.45) is 2.28. The van der Waals surface area contributed by atoms with Crippen LogP contribution < -0.4 is 5.32 Å². The fourth-order valence-corrected chi connectivity index (χ4v) is 3.76. The smallest absolute Gasteiger partial charge is 0.124 e. The molecular weight excluding hydrogens is 285 g/mol. The Morgan fingerprint density at radius 2 is 1.95 bits per heavy atom. The van der Waals surface area contributed by atoms with Crippen LogP contribution in [0, 0.1) is 23.6 Å². The third-order valence-corrected chi connectivity index (χ3v) is 5.08. The zero-order valence-corrected chi connectivity index (χ0v) is 14.3. The second-order valence-corrected chi connectivity index (χ2v) is 7.75. The summed E-state index contributed by atoms with van der Waals surface area (Å²) in [5.41, 5.74) is 1.19. The quantitative estimate of drug-likeness (QED) is 0.777. The Morgan fingerprint density at radius 1 is 1.29 bits per heavy atom. The van der Waals surface area contributed by atoms with Crippen molar-refractivity contribution in [1.82, 2.24) is 5.32 Å². The predicted molar refractivity (Wildman–Crippen MR) is 88.4 cm³/mol. The van der Waals surface area contributed by atoms with Gasteiger partial charge in [-0.1, -0.05) is 45.4 Å². The van der Waals surface area contributed by atoms with Crippen molar-refractivity contribution in [3.8, 4) is 0 Å². The van der Waals surface area contributed by atoms with Gasteiger partial charge in [0.1, 0.15) is 5.82 Å². The maximum Gasteiger partial charge on any atom is 0.124 e. The van der Waals surface area contributed by atoms with Crippen LogP contribution in [0.25, 0.3) is 0 Å². The lowest BCUT2D eigenvalue weighted by Crippen LogP contribution is -2.50. The Morgan fingerprint density at radius 3 is 2.48 bits per heavy atom. The van der Waals surface area contributed by atoms with E-state index in [-0.39, 0.29) is 11.2 Å². The number of rotatable bonds is 6. The van der Waals surface area contributed by atoms with Gasteiger partial charge in [-0.25, -0.2) is 4.39 Å². The Bertz CT molecular complexity index is 478. The SMILES string of the molecule is CC(C)CNCC1(c2ccc(F)cc2Cl)CC(C(C)C)C1. The normalized spacial score (nSPS) is 25.4. The van der Waals surface area contributed by atoms with E-state index in [2.05, 4.69) is 33.0 Å². The van der Waals surface area contributed by atoms with Gasteiger partial charge >= 0.3 is 0 Å². The third kappa shape index (κ3) is 3.78. The van der Waals surface area contributed by atoms with Crippen LogP contribution in [0.2, 0.25) is 5.02 Å². The fourth-order valence-electron chi connectivity index (χ4n) is 3.39. The number of hydrogen-bond donors (Lipinski definition) is 1. The first kappa shape index (κ1) is 16.8. The largest absolute Gasteiger partial charge is 0.316 e. The molecule has 1 fully saturated rings. The molecular formula is C18H27ClFN. The van der Waals surface area contributed by atoms with Crippen molar-refractivity contribution in [3.05, 3.63) is 34.6 Å². The lowest BCUT2D eigenvalue weighted by molar-refractivity contribution is 0.0971. The van der Waals surface area contributed by atoms with Crippen LogP contribution in [0.3, 0.4) is 0 Å². The molecule has 1 nitrogen and oxygen atoms in total. The highest BCUT2D eigenvalue weighted by Crippen LogP contribution is 2.52. The van der Waals surface area contributed by atoms with Crippen molar-refractivity contribution >= 4 is 11.6 Å². The van der Waals surface area contributed by atoms with E-state index < -0.39 is 0 Å². The minimum absolute atomic E-state index is 0.0780. The molecule has 0 bridgehead atoms. The van der Waals surface area contributed by atoms with Gasteiger partial charge < -0.3 is 5.32 Å². The molecule has 1 saturated carbocycles. The van der Waals surface area contributed by atoms with Gasteiger partial charge in [0.25, 0.3) is 0 Å². The van der Waals surface area contributed by atoms with E-state index >= 15 is 0 Å². The highest BCUT2D eigenvalue weighted by Gasteiger charge is 2.47. The average Bonchev–Trinajstić information content (AvgIpc) is 2.32. The van der Waals surface area contributed by atoms with E-state index in [1.54, 1.807) is 0 Å². The van der Waals surface area contributed by atoms with E-state index in [1.165, 1.54) is 12.1 Å². The highest BCUT2D eigenvalue weighted by molar-refractivity contribution is 6.31. The molecule has 21 heavy (non-hydrogen) atoms. The van der Waals surface area contributed by atoms with E-state index in [9.17, 15) is 4.39 Å². The molecule has 1 aromatic rings. The van der Waals surface area contributed by atoms with Gasteiger partial charge in [-0.3, -0.25) is 0 Å². The van der Waals surface area contributed by atoms with Crippen LogP contribution in [-0.2, 0) is 5.41 Å². The van der Waals surface area contributed by atoms with Gasteiger partial charge in [0.2, 0.25) is 0 Å². The molecule has 0 spiro atoms. The van der Waals surface area contributed by atoms with Crippen LogP contribution in [-0.4, -0.2) is 13.1 Å². The van der Waals surface area contributed by atoms with E-state index in [1.807, 2.05) is 6.07 Å². The maximum atomic E-state index is 13.3. The van der Waals surface area contributed by atoms with Gasteiger partial charge in [-0.2, -0.15) is 0 Å².